The Morgan fingerprint density at radius 2 is 1.73 bits per heavy atom. The number of aryl methyl sites for hydroxylation is 2. The van der Waals surface area contributed by atoms with E-state index < -0.39 is 0 Å². The van der Waals surface area contributed by atoms with Gasteiger partial charge < -0.3 is 9.64 Å². The maximum Gasteiger partial charge on any atom is 0.130 e. The van der Waals surface area contributed by atoms with Gasteiger partial charge in [0.05, 0.1) is 0 Å². The lowest BCUT2D eigenvalue weighted by molar-refractivity contribution is 0.478. The van der Waals surface area contributed by atoms with Gasteiger partial charge in [0, 0.05) is 19.2 Å². The molecule has 4 heteroatoms. The monoisotopic (exact) mass is 318 g/mol. The quantitative estimate of drug-likeness (QED) is 0.649. The van der Waals surface area contributed by atoms with Crippen molar-refractivity contribution in [3.05, 3.63) is 59.2 Å². The predicted octanol–water partition coefficient (Wildman–Crippen LogP) is 4.79. The Hall–Kier alpha value is -2.00. The van der Waals surface area contributed by atoms with E-state index in [1.165, 1.54) is 0 Å². The van der Waals surface area contributed by atoms with Gasteiger partial charge in [-0.15, -0.1) is 12.4 Å². The Labute approximate surface area is 138 Å². The van der Waals surface area contributed by atoms with E-state index >= 15 is 0 Å². The van der Waals surface area contributed by atoms with E-state index in [0.29, 0.717) is 5.84 Å². The number of para-hydroxylation sites is 1. The third-order valence-corrected chi connectivity index (χ3v) is 3.60. The van der Waals surface area contributed by atoms with Gasteiger partial charge in [0.15, 0.2) is 0 Å². The summed E-state index contributed by atoms with van der Waals surface area (Å²) >= 11 is 0. The summed E-state index contributed by atoms with van der Waals surface area (Å²) in [6, 6.07) is 13.8. The Kier molecular flexibility index (Phi) is 6.44. The van der Waals surface area contributed by atoms with Crippen LogP contribution in [-0.2, 0) is 0 Å². The molecule has 0 saturated heterocycles. The average molecular weight is 319 g/mol. The first-order chi connectivity index (χ1) is 10.0. The van der Waals surface area contributed by atoms with Crippen LogP contribution in [0.1, 0.15) is 23.6 Å². The van der Waals surface area contributed by atoms with E-state index in [1.54, 1.807) is 0 Å². The van der Waals surface area contributed by atoms with E-state index in [-0.39, 0.29) is 12.4 Å². The van der Waals surface area contributed by atoms with Crippen molar-refractivity contribution in [2.75, 3.05) is 13.6 Å². The van der Waals surface area contributed by atoms with Crippen molar-refractivity contribution in [1.82, 2.24) is 4.90 Å². The Balaban J connectivity index is 0.00000242. The Morgan fingerprint density at radius 3 is 2.32 bits per heavy atom. The summed E-state index contributed by atoms with van der Waals surface area (Å²) in [5.74, 6) is 2.22. The Morgan fingerprint density at radius 1 is 1.09 bits per heavy atom. The van der Waals surface area contributed by atoms with Crippen molar-refractivity contribution in [2.24, 2.45) is 0 Å². The van der Waals surface area contributed by atoms with Gasteiger partial charge in [-0.3, -0.25) is 5.41 Å². The minimum absolute atomic E-state index is 0. The van der Waals surface area contributed by atoms with Crippen LogP contribution >= 0.6 is 12.4 Å². The topological polar surface area (TPSA) is 36.3 Å². The second-order valence-corrected chi connectivity index (χ2v) is 5.21. The highest BCUT2D eigenvalue weighted by Gasteiger charge is 2.12. The zero-order chi connectivity index (χ0) is 15.4. The summed E-state index contributed by atoms with van der Waals surface area (Å²) < 4.78 is 5.93. The van der Waals surface area contributed by atoms with E-state index in [2.05, 4.69) is 0 Å². The zero-order valence-corrected chi connectivity index (χ0v) is 14.3. The second kappa shape index (κ2) is 7.85. The molecule has 2 rings (SSSR count). The molecule has 0 heterocycles. The number of amidine groups is 1. The number of rotatable bonds is 4. The fourth-order valence-corrected chi connectivity index (χ4v) is 2.13. The molecule has 0 amide bonds. The molecule has 0 radical (unpaired) electrons. The van der Waals surface area contributed by atoms with Crippen molar-refractivity contribution in [2.45, 2.75) is 20.8 Å². The highest BCUT2D eigenvalue weighted by Crippen LogP contribution is 2.28. The van der Waals surface area contributed by atoms with Crippen molar-refractivity contribution >= 4 is 18.2 Å². The second-order valence-electron chi connectivity index (χ2n) is 5.21. The first-order valence-corrected chi connectivity index (χ1v) is 7.17. The number of nitrogens with zero attached hydrogens (tertiary/aromatic N) is 1. The van der Waals surface area contributed by atoms with Crippen LogP contribution in [-0.4, -0.2) is 24.3 Å². The zero-order valence-electron chi connectivity index (χ0n) is 13.5. The number of nitrogens with one attached hydrogen (secondary N) is 1. The smallest absolute Gasteiger partial charge is 0.130 e. The van der Waals surface area contributed by atoms with Crippen molar-refractivity contribution in [3.63, 3.8) is 0 Å². The molecule has 0 spiro atoms. The summed E-state index contributed by atoms with van der Waals surface area (Å²) in [6.45, 7) is 6.90. The van der Waals surface area contributed by atoms with Crippen LogP contribution in [0.4, 0.5) is 0 Å². The van der Waals surface area contributed by atoms with Gasteiger partial charge >= 0.3 is 0 Å². The summed E-state index contributed by atoms with van der Waals surface area (Å²) in [7, 11) is 1.94. The number of ether oxygens (including phenoxy) is 1. The molecule has 0 aliphatic heterocycles. The maximum atomic E-state index is 8.25. The Bertz CT molecular complexity index is 641. The predicted molar refractivity (Wildman–Crippen MR) is 94.8 cm³/mol. The van der Waals surface area contributed by atoms with Crippen LogP contribution < -0.4 is 4.74 Å². The van der Waals surface area contributed by atoms with Crippen molar-refractivity contribution < 1.29 is 4.74 Å². The first kappa shape index (κ1) is 18.1. The molecule has 3 nitrogen and oxygen atoms in total. The van der Waals surface area contributed by atoms with Gasteiger partial charge in [-0.05, 0) is 56.2 Å². The SMILES string of the molecule is CCN(C)C(=N)c1cc(C)c(Oc2ccccc2)cc1C.Cl. The van der Waals surface area contributed by atoms with E-state index in [0.717, 1.165) is 34.7 Å². The van der Waals surface area contributed by atoms with Crippen LogP contribution in [0.25, 0.3) is 0 Å². The summed E-state index contributed by atoms with van der Waals surface area (Å²) in [5, 5.41) is 8.25. The molecule has 1 N–H and O–H groups in total. The van der Waals surface area contributed by atoms with Crippen LogP contribution in [0.15, 0.2) is 42.5 Å². The highest BCUT2D eigenvalue weighted by atomic mass is 35.5. The molecule has 2 aromatic rings. The number of hydrogen-bond donors (Lipinski definition) is 1. The molecule has 0 bridgehead atoms. The number of hydrogen-bond acceptors (Lipinski definition) is 2. The molecule has 0 atom stereocenters. The van der Waals surface area contributed by atoms with Gasteiger partial charge in [-0.2, -0.15) is 0 Å². The minimum Gasteiger partial charge on any atom is -0.457 e. The third-order valence-electron chi connectivity index (χ3n) is 3.60. The van der Waals surface area contributed by atoms with Crippen LogP contribution in [0.2, 0.25) is 0 Å². The van der Waals surface area contributed by atoms with E-state index in [9.17, 15) is 0 Å². The normalized spacial score (nSPS) is 9.82. The minimum atomic E-state index is 0. The number of benzene rings is 2. The standard InChI is InChI=1S/C18H22N2O.ClH/c1-5-20(4)18(19)16-11-14(3)17(12-13(16)2)21-15-9-7-6-8-10-15;/h6-12,19H,5H2,1-4H3;1H. The molecular formula is C18H23ClN2O. The lowest BCUT2D eigenvalue weighted by atomic mass is 10.0. The largest absolute Gasteiger partial charge is 0.457 e. The van der Waals surface area contributed by atoms with Gasteiger partial charge in [0.1, 0.15) is 17.3 Å². The van der Waals surface area contributed by atoms with Crippen LogP contribution in [0.5, 0.6) is 11.5 Å². The summed E-state index contributed by atoms with van der Waals surface area (Å²) in [6.07, 6.45) is 0. The van der Waals surface area contributed by atoms with Gasteiger partial charge in [0.25, 0.3) is 0 Å². The fourth-order valence-electron chi connectivity index (χ4n) is 2.13. The molecule has 0 saturated carbocycles. The molecule has 0 unspecified atom stereocenters. The summed E-state index contributed by atoms with van der Waals surface area (Å²) in [4.78, 5) is 1.93. The lowest BCUT2D eigenvalue weighted by Gasteiger charge is -2.20. The molecule has 0 aromatic heterocycles. The van der Waals surface area contributed by atoms with Crippen LogP contribution in [0, 0.1) is 19.3 Å². The highest BCUT2D eigenvalue weighted by molar-refractivity contribution is 5.98. The average Bonchev–Trinajstić information content (AvgIpc) is 2.50. The molecule has 22 heavy (non-hydrogen) atoms. The molecule has 118 valence electrons. The van der Waals surface area contributed by atoms with Gasteiger partial charge in [-0.1, -0.05) is 18.2 Å². The number of halogens is 1. The molecule has 0 aliphatic rings. The molecule has 0 aliphatic carbocycles. The van der Waals surface area contributed by atoms with Crippen LogP contribution in [0.3, 0.4) is 0 Å². The fraction of sp³-hybridized carbons (Fsp3) is 0.278. The van der Waals surface area contributed by atoms with Crippen molar-refractivity contribution in [1.29, 1.82) is 5.41 Å². The molecule has 2 aromatic carbocycles. The molecule has 0 fully saturated rings. The molecular weight excluding hydrogens is 296 g/mol. The first-order valence-electron chi connectivity index (χ1n) is 7.17. The summed E-state index contributed by atoms with van der Waals surface area (Å²) in [5.41, 5.74) is 3.04. The van der Waals surface area contributed by atoms with E-state index in [1.807, 2.05) is 75.2 Å². The lowest BCUT2D eigenvalue weighted by Crippen LogP contribution is -2.27. The third kappa shape index (κ3) is 4.01. The maximum absolute atomic E-state index is 8.25. The van der Waals surface area contributed by atoms with E-state index in [4.69, 9.17) is 10.1 Å². The van der Waals surface area contributed by atoms with Gasteiger partial charge in [0.2, 0.25) is 0 Å². The van der Waals surface area contributed by atoms with Crippen molar-refractivity contribution in [3.8, 4) is 11.5 Å². The van der Waals surface area contributed by atoms with Gasteiger partial charge in [-0.25, -0.2) is 0 Å².